The van der Waals surface area contributed by atoms with Gasteiger partial charge in [0.25, 0.3) is 5.56 Å². The van der Waals surface area contributed by atoms with Gasteiger partial charge < -0.3 is 9.30 Å². The van der Waals surface area contributed by atoms with E-state index >= 15 is 0 Å². The number of fused-ring (bicyclic) bond motifs is 1. The zero-order chi connectivity index (χ0) is 21.4. The SMILES string of the molecule is O=c1c2c(ncn2Cc2ccccc2F)n(-c2ccccc2)c(=O)n1CC1CCCO1. The molecule has 0 amide bonds. The fourth-order valence-corrected chi connectivity index (χ4v) is 4.07. The minimum absolute atomic E-state index is 0.130. The van der Waals surface area contributed by atoms with Gasteiger partial charge in [-0.2, -0.15) is 0 Å². The van der Waals surface area contributed by atoms with Gasteiger partial charge in [0.1, 0.15) is 5.82 Å². The first-order chi connectivity index (χ1) is 15.1. The molecule has 158 valence electrons. The summed E-state index contributed by atoms with van der Waals surface area (Å²) in [5, 5.41) is 0. The molecule has 0 bridgehead atoms. The van der Waals surface area contributed by atoms with Crippen LogP contribution in [-0.2, 0) is 17.8 Å². The molecule has 1 atom stereocenters. The molecular weight excluding hydrogens is 399 g/mol. The van der Waals surface area contributed by atoms with Gasteiger partial charge in [-0.1, -0.05) is 36.4 Å². The van der Waals surface area contributed by atoms with Gasteiger partial charge in [0.15, 0.2) is 11.2 Å². The molecule has 1 fully saturated rings. The van der Waals surface area contributed by atoms with Crippen molar-refractivity contribution in [3.8, 4) is 5.69 Å². The maximum absolute atomic E-state index is 14.3. The maximum Gasteiger partial charge on any atom is 0.337 e. The summed E-state index contributed by atoms with van der Waals surface area (Å²) in [6.45, 7) is 0.927. The van der Waals surface area contributed by atoms with E-state index in [-0.39, 0.29) is 36.2 Å². The van der Waals surface area contributed by atoms with Crippen LogP contribution in [0.5, 0.6) is 0 Å². The van der Waals surface area contributed by atoms with Crippen LogP contribution in [0.2, 0.25) is 0 Å². The Kier molecular flexibility index (Phi) is 4.99. The molecule has 31 heavy (non-hydrogen) atoms. The Morgan fingerprint density at radius 3 is 2.58 bits per heavy atom. The zero-order valence-corrected chi connectivity index (χ0v) is 16.8. The first-order valence-electron chi connectivity index (χ1n) is 10.2. The van der Waals surface area contributed by atoms with Gasteiger partial charge in [0.2, 0.25) is 0 Å². The number of nitrogens with zero attached hydrogens (tertiary/aromatic N) is 4. The summed E-state index contributed by atoms with van der Waals surface area (Å²) < 4.78 is 24.2. The number of hydrogen-bond acceptors (Lipinski definition) is 4. The molecule has 1 unspecified atom stereocenters. The molecule has 1 aliphatic heterocycles. The summed E-state index contributed by atoms with van der Waals surface area (Å²) in [5.41, 5.74) is 0.636. The van der Waals surface area contributed by atoms with E-state index in [0.29, 0.717) is 17.9 Å². The highest BCUT2D eigenvalue weighted by Gasteiger charge is 2.23. The van der Waals surface area contributed by atoms with Gasteiger partial charge in [-0.05, 0) is 31.0 Å². The van der Waals surface area contributed by atoms with Crippen LogP contribution in [0.25, 0.3) is 16.9 Å². The number of benzene rings is 2. The highest BCUT2D eigenvalue weighted by Crippen LogP contribution is 2.17. The van der Waals surface area contributed by atoms with Crippen LogP contribution in [0.3, 0.4) is 0 Å². The first kappa shape index (κ1) is 19.4. The summed E-state index contributed by atoms with van der Waals surface area (Å²) in [7, 11) is 0. The van der Waals surface area contributed by atoms with E-state index in [9.17, 15) is 14.0 Å². The summed E-state index contributed by atoms with van der Waals surface area (Å²) in [6.07, 6.45) is 2.99. The molecule has 2 aromatic heterocycles. The topological polar surface area (TPSA) is 71.0 Å². The quantitative estimate of drug-likeness (QED) is 0.498. The average Bonchev–Trinajstić information content (AvgIpc) is 3.44. The predicted molar refractivity (Wildman–Crippen MR) is 114 cm³/mol. The lowest BCUT2D eigenvalue weighted by atomic mass is 10.2. The van der Waals surface area contributed by atoms with Crippen LogP contribution < -0.4 is 11.2 Å². The molecule has 0 N–H and O–H groups in total. The van der Waals surface area contributed by atoms with Crippen LogP contribution in [-0.4, -0.2) is 31.4 Å². The summed E-state index contributed by atoms with van der Waals surface area (Å²) >= 11 is 0. The number of ether oxygens (including phenoxy) is 1. The van der Waals surface area contributed by atoms with E-state index in [1.54, 1.807) is 34.9 Å². The third kappa shape index (κ3) is 3.48. The minimum atomic E-state index is -0.463. The lowest BCUT2D eigenvalue weighted by Crippen LogP contribution is -2.42. The molecule has 8 heteroatoms. The maximum atomic E-state index is 14.3. The number of imidazole rings is 1. The fraction of sp³-hybridized carbons (Fsp3) is 0.261. The van der Waals surface area contributed by atoms with Crippen LogP contribution in [0.15, 0.2) is 70.5 Å². The number of para-hydroxylation sites is 1. The normalized spacial score (nSPS) is 16.2. The molecule has 2 aromatic carbocycles. The van der Waals surface area contributed by atoms with E-state index in [0.717, 1.165) is 12.8 Å². The lowest BCUT2D eigenvalue weighted by molar-refractivity contribution is 0.0950. The van der Waals surface area contributed by atoms with E-state index < -0.39 is 11.2 Å². The van der Waals surface area contributed by atoms with E-state index in [1.807, 2.05) is 18.2 Å². The molecule has 7 nitrogen and oxygen atoms in total. The van der Waals surface area contributed by atoms with Gasteiger partial charge in [0.05, 0.1) is 31.2 Å². The standard InChI is InChI=1S/C23H21FN4O3/c24-19-11-5-4-7-16(19)13-26-15-25-21-20(26)22(29)27(14-18-10-6-12-31-18)23(30)28(21)17-8-2-1-3-9-17/h1-5,7-9,11,15,18H,6,10,12-14H2. The molecule has 5 rings (SSSR count). The van der Waals surface area contributed by atoms with Crippen LogP contribution in [0, 0.1) is 5.82 Å². The predicted octanol–water partition coefficient (Wildman–Crippen LogP) is 2.72. The molecule has 0 radical (unpaired) electrons. The second kappa shape index (κ2) is 7.96. The summed E-state index contributed by atoms with van der Waals surface area (Å²) in [5.74, 6) is -0.361. The van der Waals surface area contributed by atoms with Gasteiger partial charge in [-0.15, -0.1) is 0 Å². The Bertz CT molecular complexity index is 1350. The Labute approximate surface area is 177 Å². The molecule has 1 saturated heterocycles. The number of hydrogen-bond donors (Lipinski definition) is 0. The zero-order valence-electron chi connectivity index (χ0n) is 16.8. The van der Waals surface area contributed by atoms with Crippen molar-refractivity contribution < 1.29 is 9.13 Å². The number of aromatic nitrogens is 4. The lowest BCUT2D eigenvalue weighted by Gasteiger charge is -2.15. The van der Waals surface area contributed by atoms with Crippen LogP contribution >= 0.6 is 0 Å². The summed E-state index contributed by atoms with van der Waals surface area (Å²) in [4.78, 5) is 31.2. The Morgan fingerprint density at radius 2 is 1.84 bits per heavy atom. The van der Waals surface area contributed by atoms with Crippen molar-refractivity contribution in [2.75, 3.05) is 6.61 Å². The Balaban J connectivity index is 1.73. The smallest absolute Gasteiger partial charge is 0.337 e. The largest absolute Gasteiger partial charge is 0.376 e. The van der Waals surface area contributed by atoms with E-state index in [1.165, 1.54) is 21.5 Å². The molecule has 3 heterocycles. The minimum Gasteiger partial charge on any atom is -0.376 e. The van der Waals surface area contributed by atoms with Crippen molar-refractivity contribution >= 4 is 11.2 Å². The fourth-order valence-electron chi connectivity index (χ4n) is 4.07. The van der Waals surface area contributed by atoms with Crippen molar-refractivity contribution in [2.24, 2.45) is 0 Å². The van der Waals surface area contributed by atoms with Crippen molar-refractivity contribution in [3.63, 3.8) is 0 Å². The van der Waals surface area contributed by atoms with Gasteiger partial charge in [-0.25, -0.2) is 18.7 Å². The molecular formula is C23H21FN4O3. The Morgan fingerprint density at radius 1 is 1.06 bits per heavy atom. The van der Waals surface area contributed by atoms with E-state index in [2.05, 4.69) is 4.98 Å². The number of halogens is 1. The van der Waals surface area contributed by atoms with E-state index in [4.69, 9.17) is 4.74 Å². The van der Waals surface area contributed by atoms with Gasteiger partial charge in [-0.3, -0.25) is 9.36 Å². The van der Waals surface area contributed by atoms with Gasteiger partial charge in [0, 0.05) is 12.2 Å². The monoisotopic (exact) mass is 420 g/mol. The highest BCUT2D eigenvalue weighted by molar-refractivity contribution is 5.72. The Hall–Kier alpha value is -3.52. The van der Waals surface area contributed by atoms with Crippen molar-refractivity contribution in [3.05, 3.63) is 93.1 Å². The third-order valence-electron chi connectivity index (χ3n) is 5.62. The molecule has 0 saturated carbocycles. The molecule has 0 spiro atoms. The van der Waals surface area contributed by atoms with Gasteiger partial charge >= 0.3 is 5.69 Å². The second-order valence-electron chi connectivity index (χ2n) is 7.64. The van der Waals surface area contributed by atoms with Crippen molar-refractivity contribution in [1.29, 1.82) is 0 Å². The van der Waals surface area contributed by atoms with Crippen molar-refractivity contribution in [2.45, 2.75) is 32.0 Å². The second-order valence-corrected chi connectivity index (χ2v) is 7.64. The number of rotatable bonds is 5. The first-order valence-corrected chi connectivity index (χ1v) is 10.2. The highest BCUT2D eigenvalue weighted by atomic mass is 19.1. The van der Waals surface area contributed by atoms with Crippen LogP contribution in [0.1, 0.15) is 18.4 Å². The average molecular weight is 420 g/mol. The van der Waals surface area contributed by atoms with Crippen LogP contribution in [0.4, 0.5) is 4.39 Å². The third-order valence-corrected chi connectivity index (χ3v) is 5.62. The molecule has 0 aliphatic carbocycles. The molecule has 4 aromatic rings. The summed E-state index contributed by atoms with van der Waals surface area (Å²) in [6, 6.07) is 15.5. The van der Waals surface area contributed by atoms with Crippen molar-refractivity contribution in [1.82, 2.24) is 18.7 Å². The molecule has 1 aliphatic rings.